The van der Waals surface area contributed by atoms with Crippen LogP contribution in [0.2, 0.25) is 0 Å². The number of hydrogen-bond acceptors (Lipinski definition) is 3. The Kier molecular flexibility index (Phi) is 4.90. The molecule has 0 atom stereocenters. The van der Waals surface area contributed by atoms with Crippen LogP contribution in [-0.4, -0.2) is 22.4 Å². The number of carbonyl (C=O) groups is 3. The number of nitrogens with one attached hydrogen (secondary N) is 1. The van der Waals surface area contributed by atoms with Crippen LogP contribution in [0.3, 0.4) is 0 Å². The molecule has 0 bridgehead atoms. The first-order chi connectivity index (χ1) is 14.0. The van der Waals surface area contributed by atoms with E-state index in [1.165, 1.54) is 6.08 Å². The van der Waals surface area contributed by atoms with E-state index in [1.807, 2.05) is 47.2 Å². The Morgan fingerprint density at radius 1 is 0.931 bits per heavy atom. The third-order valence-corrected chi connectivity index (χ3v) is 5.16. The molecule has 0 saturated carbocycles. The third-order valence-electron chi connectivity index (χ3n) is 4.64. The quantitative estimate of drug-likeness (QED) is 0.480. The van der Waals surface area contributed by atoms with Crippen molar-refractivity contribution in [1.29, 1.82) is 0 Å². The van der Waals surface area contributed by atoms with Gasteiger partial charge in [-0.05, 0) is 61.0 Å². The number of nitrogens with zero attached hydrogens (tertiary/aromatic N) is 2. The van der Waals surface area contributed by atoms with E-state index in [0.29, 0.717) is 11.4 Å². The van der Waals surface area contributed by atoms with E-state index >= 15 is 0 Å². The van der Waals surface area contributed by atoms with Gasteiger partial charge in [-0.25, -0.2) is 9.69 Å². The summed E-state index contributed by atoms with van der Waals surface area (Å²) < 4.78 is 2.80. The summed E-state index contributed by atoms with van der Waals surface area (Å²) in [7, 11) is 0. The van der Waals surface area contributed by atoms with Gasteiger partial charge >= 0.3 is 6.03 Å². The van der Waals surface area contributed by atoms with Crippen LogP contribution in [0.25, 0.3) is 11.8 Å². The van der Waals surface area contributed by atoms with Gasteiger partial charge in [-0.1, -0.05) is 34.1 Å². The highest BCUT2D eigenvalue weighted by Gasteiger charge is 2.37. The highest BCUT2D eigenvalue weighted by Crippen LogP contribution is 2.25. The number of imide groups is 2. The molecule has 0 radical (unpaired) electrons. The molecule has 7 heteroatoms. The number of carbonyl (C=O) groups excluding carboxylic acids is 3. The molecule has 0 spiro atoms. The van der Waals surface area contributed by atoms with Crippen molar-refractivity contribution in [2.75, 3.05) is 4.90 Å². The molecule has 6 nitrogen and oxygen atoms in total. The van der Waals surface area contributed by atoms with Crippen LogP contribution in [0.5, 0.6) is 0 Å². The minimum atomic E-state index is -0.755. The van der Waals surface area contributed by atoms with Crippen LogP contribution in [0, 0.1) is 6.92 Å². The number of urea groups is 1. The van der Waals surface area contributed by atoms with Crippen molar-refractivity contribution in [3.05, 3.63) is 88.2 Å². The smallest absolute Gasteiger partial charge is 0.317 e. The van der Waals surface area contributed by atoms with Gasteiger partial charge in [-0.3, -0.25) is 14.9 Å². The zero-order valence-corrected chi connectivity index (χ0v) is 17.0. The Bertz CT molecular complexity index is 1160. The average Bonchev–Trinajstić information content (AvgIpc) is 3.15. The Balaban J connectivity index is 1.76. The minimum absolute atomic E-state index is 0.107. The second kappa shape index (κ2) is 7.52. The molecule has 1 fully saturated rings. The summed E-state index contributed by atoms with van der Waals surface area (Å²) in [6.07, 6.45) is 3.34. The molecular formula is C22H16BrN3O3. The van der Waals surface area contributed by atoms with Crippen molar-refractivity contribution < 1.29 is 14.4 Å². The van der Waals surface area contributed by atoms with E-state index in [1.54, 1.807) is 31.2 Å². The van der Waals surface area contributed by atoms with Gasteiger partial charge in [0.25, 0.3) is 11.8 Å². The predicted molar refractivity (Wildman–Crippen MR) is 114 cm³/mol. The first kappa shape index (κ1) is 18.9. The molecule has 3 aromatic rings. The summed E-state index contributed by atoms with van der Waals surface area (Å²) in [5.74, 6) is -1.37. The standard InChI is InChI=1S/C22H16BrN3O3/c1-14-5-2-3-7-19(14)26-21(28)18(20(27)24-22(26)29)13-17-6-4-12-25(17)16-10-8-15(23)9-11-16/h2-13H,1H3,(H,24,27,29). The summed E-state index contributed by atoms with van der Waals surface area (Å²) in [5.41, 5.74) is 2.61. The number of halogens is 1. The number of benzene rings is 2. The lowest BCUT2D eigenvalue weighted by Crippen LogP contribution is -2.54. The molecule has 0 unspecified atom stereocenters. The predicted octanol–water partition coefficient (Wildman–Crippen LogP) is 4.21. The SMILES string of the molecule is Cc1ccccc1N1C(=O)NC(=O)C(=Cc2cccn2-c2ccc(Br)cc2)C1=O. The van der Waals surface area contributed by atoms with Crippen LogP contribution in [0.4, 0.5) is 10.5 Å². The van der Waals surface area contributed by atoms with Crippen LogP contribution in [0.1, 0.15) is 11.3 Å². The van der Waals surface area contributed by atoms with Crippen LogP contribution >= 0.6 is 15.9 Å². The van der Waals surface area contributed by atoms with Crippen molar-refractivity contribution in [1.82, 2.24) is 9.88 Å². The number of para-hydroxylation sites is 1. The van der Waals surface area contributed by atoms with Gasteiger partial charge in [0.15, 0.2) is 0 Å². The summed E-state index contributed by atoms with van der Waals surface area (Å²) in [4.78, 5) is 38.9. The number of aryl methyl sites for hydroxylation is 1. The minimum Gasteiger partial charge on any atom is -0.317 e. The van der Waals surface area contributed by atoms with Crippen molar-refractivity contribution in [3.8, 4) is 5.69 Å². The van der Waals surface area contributed by atoms with E-state index in [-0.39, 0.29) is 5.57 Å². The van der Waals surface area contributed by atoms with Crippen LogP contribution in [-0.2, 0) is 9.59 Å². The summed E-state index contributed by atoms with van der Waals surface area (Å²) in [6, 6.07) is 17.5. The topological polar surface area (TPSA) is 71.4 Å². The molecule has 2 heterocycles. The first-order valence-electron chi connectivity index (χ1n) is 8.86. The molecule has 1 aromatic heterocycles. The molecule has 1 aliphatic heterocycles. The third kappa shape index (κ3) is 3.52. The van der Waals surface area contributed by atoms with E-state index in [0.717, 1.165) is 20.6 Å². The molecule has 1 aliphatic rings. The fraction of sp³-hybridized carbons (Fsp3) is 0.0455. The van der Waals surface area contributed by atoms with Crippen molar-refractivity contribution >= 4 is 45.5 Å². The van der Waals surface area contributed by atoms with Gasteiger partial charge in [-0.15, -0.1) is 0 Å². The highest BCUT2D eigenvalue weighted by molar-refractivity contribution is 9.10. The molecule has 4 rings (SSSR count). The second-order valence-electron chi connectivity index (χ2n) is 6.52. The van der Waals surface area contributed by atoms with Gasteiger partial charge in [0.05, 0.1) is 5.69 Å². The maximum atomic E-state index is 13.1. The molecule has 4 amide bonds. The number of anilines is 1. The zero-order chi connectivity index (χ0) is 20.5. The Hall–Kier alpha value is -3.45. The van der Waals surface area contributed by atoms with Gasteiger partial charge < -0.3 is 4.57 Å². The lowest BCUT2D eigenvalue weighted by Gasteiger charge is -2.27. The lowest BCUT2D eigenvalue weighted by atomic mass is 10.1. The number of barbiturate groups is 1. The van der Waals surface area contributed by atoms with E-state index in [9.17, 15) is 14.4 Å². The van der Waals surface area contributed by atoms with E-state index < -0.39 is 17.8 Å². The summed E-state index contributed by atoms with van der Waals surface area (Å²) in [5, 5.41) is 2.26. The number of aromatic nitrogens is 1. The zero-order valence-electron chi connectivity index (χ0n) is 15.4. The molecular weight excluding hydrogens is 434 g/mol. The molecule has 144 valence electrons. The van der Waals surface area contributed by atoms with Crippen LogP contribution in [0.15, 0.2) is 76.9 Å². The Morgan fingerprint density at radius 2 is 1.66 bits per heavy atom. The first-order valence-corrected chi connectivity index (χ1v) is 9.65. The summed E-state index contributed by atoms with van der Waals surface area (Å²) in [6.45, 7) is 1.80. The van der Waals surface area contributed by atoms with Gasteiger partial charge in [0, 0.05) is 22.1 Å². The Morgan fingerprint density at radius 3 is 2.38 bits per heavy atom. The number of hydrogen-bond donors (Lipinski definition) is 1. The monoisotopic (exact) mass is 449 g/mol. The Labute approximate surface area is 175 Å². The van der Waals surface area contributed by atoms with Gasteiger partial charge in [-0.2, -0.15) is 0 Å². The highest BCUT2D eigenvalue weighted by atomic mass is 79.9. The van der Waals surface area contributed by atoms with Crippen LogP contribution < -0.4 is 10.2 Å². The van der Waals surface area contributed by atoms with Gasteiger partial charge in [0.2, 0.25) is 0 Å². The number of rotatable bonds is 3. The molecule has 1 saturated heterocycles. The van der Waals surface area contributed by atoms with Crippen molar-refractivity contribution in [2.24, 2.45) is 0 Å². The molecule has 1 N–H and O–H groups in total. The maximum absolute atomic E-state index is 13.1. The van der Waals surface area contributed by atoms with E-state index in [2.05, 4.69) is 21.2 Å². The van der Waals surface area contributed by atoms with Crippen molar-refractivity contribution in [3.63, 3.8) is 0 Å². The fourth-order valence-corrected chi connectivity index (χ4v) is 3.45. The summed E-state index contributed by atoms with van der Waals surface area (Å²) >= 11 is 3.41. The largest absolute Gasteiger partial charge is 0.335 e. The molecule has 2 aromatic carbocycles. The normalized spacial score (nSPS) is 15.7. The molecule has 29 heavy (non-hydrogen) atoms. The average molecular weight is 450 g/mol. The maximum Gasteiger partial charge on any atom is 0.335 e. The second-order valence-corrected chi connectivity index (χ2v) is 7.44. The number of amides is 4. The van der Waals surface area contributed by atoms with E-state index in [4.69, 9.17) is 0 Å². The van der Waals surface area contributed by atoms with Crippen molar-refractivity contribution in [2.45, 2.75) is 6.92 Å². The fourth-order valence-electron chi connectivity index (χ4n) is 3.19. The van der Waals surface area contributed by atoms with Gasteiger partial charge in [0.1, 0.15) is 5.57 Å². The lowest BCUT2D eigenvalue weighted by molar-refractivity contribution is -0.122. The molecule has 0 aliphatic carbocycles.